The van der Waals surface area contributed by atoms with Gasteiger partial charge in [-0.25, -0.2) is 9.37 Å². The van der Waals surface area contributed by atoms with Gasteiger partial charge in [0, 0.05) is 35.5 Å². The van der Waals surface area contributed by atoms with Crippen LogP contribution in [0.4, 0.5) is 4.39 Å². The van der Waals surface area contributed by atoms with Crippen LogP contribution in [0.2, 0.25) is 5.02 Å². The Balaban J connectivity index is 0.000000706. The highest BCUT2D eigenvalue weighted by Crippen LogP contribution is 2.36. The molecule has 0 spiro atoms. The summed E-state index contributed by atoms with van der Waals surface area (Å²) >= 11 is 7.62. The van der Waals surface area contributed by atoms with E-state index in [0.29, 0.717) is 28.1 Å². The van der Waals surface area contributed by atoms with Gasteiger partial charge in [-0.15, -0.1) is 11.3 Å². The number of aromatic nitrogens is 2. The number of benzene rings is 2. The van der Waals surface area contributed by atoms with Gasteiger partial charge in [0.25, 0.3) is 0 Å². The van der Waals surface area contributed by atoms with E-state index in [4.69, 9.17) is 16.7 Å². The molecule has 0 aliphatic heterocycles. The van der Waals surface area contributed by atoms with Crippen molar-refractivity contribution < 1.29 is 9.50 Å². The Morgan fingerprint density at radius 3 is 2.61 bits per heavy atom. The number of hydrogen-bond donors (Lipinski definition) is 1. The van der Waals surface area contributed by atoms with Gasteiger partial charge in [-0.1, -0.05) is 29.8 Å². The van der Waals surface area contributed by atoms with E-state index in [2.05, 4.69) is 9.97 Å². The highest BCUT2D eigenvalue weighted by molar-refractivity contribution is 7.16. The minimum absolute atomic E-state index is 0.249. The molecule has 1 N–H and O–H groups in total. The second-order valence-electron chi connectivity index (χ2n) is 6.23. The van der Waals surface area contributed by atoms with Gasteiger partial charge in [0.2, 0.25) is 0 Å². The fourth-order valence-electron chi connectivity index (χ4n) is 2.89. The second kappa shape index (κ2) is 9.24. The lowest BCUT2D eigenvalue weighted by Gasteiger charge is -2.11. The number of hydrogen-bond acceptors (Lipinski definition) is 4. The zero-order valence-electron chi connectivity index (χ0n) is 15.6. The number of aliphatic hydroxyl groups is 1. The van der Waals surface area contributed by atoms with E-state index in [1.165, 1.54) is 11.3 Å². The lowest BCUT2D eigenvalue weighted by atomic mass is 9.97. The molecule has 144 valence electrons. The maximum atomic E-state index is 15.4. The van der Waals surface area contributed by atoms with Gasteiger partial charge < -0.3 is 5.11 Å². The molecule has 0 aliphatic rings. The first kappa shape index (κ1) is 20.4. The zero-order chi connectivity index (χ0) is 20.1. The first-order valence-corrected chi connectivity index (χ1v) is 10.1. The Hall–Kier alpha value is -2.34. The van der Waals surface area contributed by atoms with E-state index in [9.17, 15) is 0 Å². The summed E-state index contributed by atoms with van der Waals surface area (Å²) in [6, 6.07) is 13.1. The van der Waals surface area contributed by atoms with Crippen LogP contribution < -0.4 is 0 Å². The lowest BCUT2D eigenvalue weighted by molar-refractivity contribution is 0.318. The number of thiazole rings is 1. The summed E-state index contributed by atoms with van der Waals surface area (Å²) in [5.41, 5.74) is 6.23. The number of aryl methyl sites for hydroxylation is 1. The summed E-state index contributed by atoms with van der Waals surface area (Å²) in [5.74, 6) is -0.249. The van der Waals surface area contributed by atoms with E-state index >= 15 is 4.39 Å². The van der Waals surface area contributed by atoms with Gasteiger partial charge in [0.15, 0.2) is 0 Å². The van der Waals surface area contributed by atoms with Crippen LogP contribution in [-0.4, -0.2) is 21.7 Å². The molecule has 4 rings (SSSR count). The summed E-state index contributed by atoms with van der Waals surface area (Å²) in [6.07, 6.45) is 2.28. The number of nitrogens with zero attached hydrogens (tertiary/aromatic N) is 2. The molecular formula is C22H20ClFN2OS. The largest absolute Gasteiger partial charge is 0.397 e. The molecule has 0 saturated carbocycles. The molecule has 0 unspecified atom stereocenters. The van der Waals surface area contributed by atoms with Gasteiger partial charge in [-0.05, 0) is 54.8 Å². The molecule has 3 nitrogen and oxygen atoms in total. The Morgan fingerprint density at radius 2 is 1.93 bits per heavy atom. The Kier molecular flexibility index (Phi) is 6.73. The summed E-state index contributed by atoms with van der Waals surface area (Å²) < 4.78 is 16.3. The van der Waals surface area contributed by atoms with Crippen molar-refractivity contribution in [3.63, 3.8) is 0 Å². The van der Waals surface area contributed by atoms with E-state index in [-0.39, 0.29) is 12.4 Å². The SMILES string of the molecule is CCO.Cc1ccc(Cc2cc3scnc3c(-c3cccc(Cl)c3)c2F)cn1. The molecule has 28 heavy (non-hydrogen) atoms. The fraction of sp³-hybridized carbons (Fsp3) is 0.182. The van der Waals surface area contributed by atoms with Crippen molar-refractivity contribution in [2.24, 2.45) is 0 Å². The van der Waals surface area contributed by atoms with Crippen molar-refractivity contribution >= 4 is 33.2 Å². The van der Waals surface area contributed by atoms with Crippen molar-refractivity contribution in [2.45, 2.75) is 20.3 Å². The topological polar surface area (TPSA) is 46.0 Å². The first-order chi connectivity index (χ1) is 13.5. The highest BCUT2D eigenvalue weighted by atomic mass is 35.5. The third kappa shape index (κ3) is 4.55. The van der Waals surface area contributed by atoms with Crippen molar-refractivity contribution in [2.75, 3.05) is 6.61 Å². The van der Waals surface area contributed by atoms with E-state index in [1.807, 2.05) is 37.3 Å². The third-order valence-corrected chi connectivity index (χ3v) is 5.13. The average Bonchev–Trinajstić information content (AvgIpc) is 3.12. The molecule has 2 heterocycles. The molecule has 2 aromatic carbocycles. The van der Waals surface area contributed by atoms with Crippen LogP contribution in [-0.2, 0) is 6.42 Å². The van der Waals surface area contributed by atoms with Crippen molar-refractivity contribution in [1.82, 2.24) is 9.97 Å². The minimum atomic E-state index is -0.249. The Bertz CT molecular complexity index is 1080. The van der Waals surface area contributed by atoms with Crippen LogP contribution in [0.1, 0.15) is 23.7 Å². The molecule has 6 heteroatoms. The predicted molar refractivity (Wildman–Crippen MR) is 115 cm³/mol. The number of rotatable bonds is 3. The van der Waals surface area contributed by atoms with Gasteiger partial charge in [-0.3, -0.25) is 4.98 Å². The van der Waals surface area contributed by atoms with Crippen LogP contribution in [0, 0.1) is 12.7 Å². The molecule has 0 amide bonds. The van der Waals surface area contributed by atoms with Crippen LogP contribution >= 0.6 is 22.9 Å². The van der Waals surface area contributed by atoms with Crippen LogP contribution in [0.5, 0.6) is 0 Å². The summed E-state index contributed by atoms with van der Waals surface area (Å²) in [4.78, 5) is 8.67. The maximum Gasteiger partial charge on any atom is 0.136 e. The van der Waals surface area contributed by atoms with Gasteiger partial charge in [0.05, 0.1) is 15.7 Å². The van der Waals surface area contributed by atoms with E-state index in [1.54, 1.807) is 30.8 Å². The maximum absolute atomic E-state index is 15.4. The van der Waals surface area contributed by atoms with Crippen LogP contribution in [0.15, 0.2) is 54.2 Å². The Labute approximate surface area is 172 Å². The van der Waals surface area contributed by atoms with E-state index < -0.39 is 0 Å². The van der Waals surface area contributed by atoms with Gasteiger partial charge in [-0.2, -0.15) is 0 Å². The standard InChI is InChI=1S/C20H14ClFN2S.C2H6O/c1-12-5-6-13(10-23-12)7-15-9-17-20(24-11-25-17)18(19(15)22)14-3-2-4-16(21)8-14;1-2-3/h2-6,8-11H,7H2,1H3;3H,2H2,1H3. The lowest BCUT2D eigenvalue weighted by Crippen LogP contribution is -1.98. The summed E-state index contributed by atoms with van der Waals surface area (Å²) in [6.45, 7) is 3.87. The molecular weight excluding hydrogens is 395 g/mol. The quantitative estimate of drug-likeness (QED) is 0.444. The Morgan fingerprint density at radius 1 is 1.14 bits per heavy atom. The zero-order valence-corrected chi connectivity index (χ0v) is 17.2. The molecule has 0 aliphatic carbocycles. The fourth-order valence-corrected chi connectivity index (χ4v) is 3.83. The van der Waals surface area contributed by atoms with Gasteiger partial charge >= 0.3 is 0 Å². The highest BCUT2D eigenvalue weighted by Gasteiger charge is 2.17. The van der Waals surface area contributed by atoms with Crippen LogP contribution in [0.25, 0.3) is 21.3 Å². The molecule has 2 aromatic heterocycles. The van der Waals surface area contributed by atoms with E-state index in [0.717, 1.165) is 21.5 Å². The number of pyridine rings is 1. The van der Waals surface area contributed by atoms with Crippen molar-refractivity contribution in [3.8, 4) is 11.1 Å². The summed E-state index contributed by atoms with van der Waals surface area (Å²) in [7, 11) is 0. The first-order valence-electron chi connectivity index (χ1n) is 8.86. The minimum Gasteiger partial charge on any atom is -0.397 e. The average molecular weight is 415 g/mol. The van der Waals surface area contributed by atoms with Crippen molar-refractivity contribution in [3.05, 3.63) is 81.8 Å². The smallest absolute Gasteiger partial charge is 0.136 e. The molecule has 0 saturated heterocycles. The summed E-state index contributed by atoms with van der Waals surface area (Å²) in [5, 5.41) is 8.15. The number of halogens is 2. The molecule has 0 fully saturated rings. The predicted octanol–water partition coefficient (Wildman–Crippen LogP) is 6.05. The number of aliphatic hydroxyl groups excluding tert-OH is 1. The molecule has 0 bridgehead atoms. The second-order valence-corrected chi connectivity index (χ2v) is 7.56. The molecule has 0 radical (unpaired) electrons. The molecule has 0 atom stereocenters. The van der Waals surface area contributed by atoms with Crippen molar-refractivity contribution in [1.29, 1.82) is 0 Å². The third-order valence-electron chi connectivity index (χ3n) is 4.12. The number of fused-ring (bicyclic) bond motifs is 1. The van der Waals surface area contributed by atoms with Crippen LogP contribution in [0.3, 0.4) is 0 Å². The normalized spacial score (nSPS) is 10.6. The monoisotopic (exact) mass is 414 g/mol. The molecule has 4 aromatic rings. The van der Waals surface area contributed by atoms with Gasteiger partial charge in [0.1, 0.15) is 5.82 Å².